The lowest BCUT2D eigenvalue weighted by Crippen LogP contribution is -2.09. The number of carboxylic acid groups (broad SMARTS) is 1. The topological polar surface area (TPSA) is 97.2 Å². The molecule has 2 aromatic heterocycles. The summed E-state index contributed by atoms with van der Waals surface area (Å²) in [5.41, 5.74) is 1.10. The Morgan fingerprint density at radius 2 is 2.41 bits per heavy atom. The number of aromatic carboxylic acids is 1. The summed E-state index contributed by atoms with van der Waals surface area (Å²) in [6.07, 6.45) is 3.21. The van der Waals surface area contributed by atoms with Crippen LogP contribution < -0.4 is 5.32 Å². The smallest absolute Gasteiger partial charge is 0.355 e. The van der Waals surface area contributed by atoms with E-state index in [1.807, 2.05) is 6.07 Å². The van der Waals surface area contributed by atoms with Gasteiger partial charge in [-0.1, -0.05) is 0 Å². The van der Waals surface area contributed by atoms with Crippen molar-refractivity contribution in [1.29, 1.82) is 0 Å². The molecule has 0 amide bonds. The van der Waals surface area contributed by atoms with Crippen LogP contribution in [-0.4, -0.2) is 45.8 Å². The molecule has 7 nitrogen and oxygen atoms in total. The highest BCUT2D eigenvalue weighted by molar-refractivity contribution is 7.09. The van der Waals surface area contributed by atoms with Gasteiger partial charge in [-0.2, -0.15) is 0 Å². The number of anilines is 1. The first kappa shape index (κ1) is 14.9. The van der Waals surface area contributed by atoms with Crippen molar-refractivity contribution in [3.8, 4) is 0 Å². The maximum atomic E-state index is 10.8. The molecule has 0 radical (unpaired) electrons. The normalized spacial score (nSPS) is 17.5. The predicted molar refractivity (Wildman–Crippen MR) is 81.5 cm³/mol. The van der Waals surface area contributed by atoms with Gasteiger partial charge in [0, 0.05) is 36.9 Å². The molecule has 116 valence electrons. The van der Waals surface area contributed by atoms with Gasteiger partial charge < -0.3 is 15.2 Å². The lowest BCUT2D eigenvalue weighted by Gasteiger charge is -2.09. The van der Waals surface area contributed by atoms with Gasteiger partial charge in [0.05, 0.1) is 17.3 Å². The van der Waals surface area contributed by atoms with Crippen LogP contribution >= 0.6 is 11.3 Å². The number of hydrogen-bond donors (Lipinski definition) is 2. The SMILES string of the molecule is O=C(O)c1csc(CCNc2cc([C@@H]3CCOC3)ncn2)n1. The second-order valence-corrected chi connectivity index (χ2v) is 5.94. The highest BCUT2D eigenvalue weighted by Crippen LogP contribution is 2.24. The van der Waals surface area contributed by atoms with Crippen molar-refractivity contribution >= 4 is 23.1 Å². The third kappa shape index (κ3) is 3.58. The van der Waals surface area contributed by atoms with E-state index in [1.54, 1.807) is 11.7 Å². The molecule has 1 aliphatic heterocycles. The summed E-state index contributed by atoms with van der Waals surface area (Å²) in [5, 5.41) is 14.4. The molecular formula is C14H16N4O3S. The van der Waals surface area contributed by atoms with Crippen LogP contribution in [0.15, 0.2) is 17.8 Å². The number of ether oxygens (including phenoxy) is 1. The molecule has 0 aromatic carbocycles. The Hall–Kier alpha value is -2.06. The van der Waals surface area contributed by atoms with Gasteiger partial charge in [0.15, 0.2) is 5.69 Å². The number of hydrogen-bond acceptors (Lipinski definition) is 7. The fourth-order valence-corrected chi connectivity index (χ4v) is 3.05. The maximum absolute atomic E-state index is 10.8. The van der Waals surface area contributed by atoms with Gasteiger partial charge in [0.25, 0.3) is 0 Å². The molecule has 0 unspecified atom stereocenters. The van der Waals surface area contributed by atoms with Gasteiger partial charge >= 0.3 is 5.97 Å². The zero-order valence-electron chi connectivity index (χ0n) is 11.9. The minimum absolute atomic E-state index is 0.102. The van der Waals surface area contributed by atoms with Gasteiger partial charge in [0.1, 0.15) is 12.1 Å². The number of nitrogens with zero attached hydrogens (tertiary/aromatic N) is 3. The van der Waals surface area contributed by atoms with Gasteiger partial charge in [-0.05, 0) is 6.42 Å². The maximum Gasteiger partial charge on any atom is 0.355 e. The second-order valence-electron chi connectivity index (χ2n) is 5.00. The quantitative estimate of drug-likeness (QED) is 0.837. The van der Waals surface area contributed by atoms with Gasteiger partial charge in [-0.15, -0.1) is 11.3 Å². The van der Waals surface area contributed by atoms with Gasteiger partial charge in [-0.3, -0.25) is 0 Å². The van der Waals surface area contributed by atoms with E-state index in [4.69, 9.17) is 9.84 Å². The molecule has 1 fully saturated rings. The van der Waals surface area contributed by atoms with Crippen molar-refractivity contribution in [1.82, 2.24) is 15.0 Å². The minimum atomic E-state index is -0.991. The Balaban J connectivity index is 1.54. The van der Waals surface area contributed by atoms with Crippen molar-refractivity contribution in [3.05, 3.63) is 34.2 Å². The lowest BCUT2D eigenvalue weighted by atomic mass is 10.1. The monoisotopic (exact) mass is 320 g/mol. The Morgan fingerprint density at radius 1 is 1.50 bits per heavy atom. The van der Waals surface area contributed by atoms with E-state index in [1.165, 1.54) is 11.3 Å². The molecule has 1 aliphatic rings. The van der Waals surface area contributed by atoms with Crippen molar-refractivity contribution in [3.63, 3.8) is 0 Å². The molecule has 3 heterocycles. The van der Waals surface area contributed by atoms with Crippen molar-refractivity contribution in [2.45, 2.75) is 18.8 Å². The van der Waals surface area contributed by atoms with Crippen LogP contribution in [0.5, 0.6) is 0 Å². The van der Waals surface area contributed by atoms with E-state index < -0.39 is 5.97 Å². The fourth-order valence-electron chi connectivity index (χ4n) is 2.28. The molecule has 0 aliphatic carbocycles. The molecule has 22 heavy (non-hydrogen) atoms. The Bertz CT molecular complexity index is 655. The molecular weight excluding hydrogens is 304 g/mol. The van der Waals surface area contributed by atoms with E-state index in [0.29, 0.717) is 25.5 Å². The second kappa shape index (κ2) is 6.80. The summed E-state index contributed by atoms with van der Waals surface area (Å²) < 4.78 is 5.38. The van der Waals surface area contributed by atoms with Crippen LogP contribution in [0.25, 0.3) is 0 Å². The molecule has 8 heteroatoms. The third-order valence-electron chi connectivity index (χ3n) is 3.45. The molecule has 1 atom stereocenters. The van der Waals surface area contributed by atoms with Gasteiger partial charge in [0.2, 0.25) is 0 Å². The number of carbonyl (C=O) groups is 1. The summed E-state index contributed by atoms with van der Waals surface area (Å²) in [5.74, 6) is 0.127. The molecule has 1 saturated heterocycles. The molecule has 2 N–H and O–H groups in total. The highest BCUT2D eigenvalue weighted by Gasteiger charge is 2.19. The molecule has 3 rings (SSSR count). The predicted octanol–water partition coefficient (Wildman–Crippen LogP) is 1.79. The zero-order chi connectivity index (χ0) is 15.4. The number of nitrogens with one attached hydrogen (secondary N) is 1. The average Bonchev–Trinajstić information content (AvgIpc) is 3.19. The van der Waals surface area contributed by atoms with Crippen molar-refractivity contribution in [2.24, 2.45) is 0 Å². The standard InChI is InChI=1S/C14H16N4O3S/c19-14(20)11-7-22-13(18-11)1-3-15-12-5-10(16-8-17-12)9-2-4-21-6-9/h5,7-9H,1-4,6H2,(H,19,20)(H,15,16,17)/t9-/m1/s1. The van der Waals surface area contributed by atoms with Crippen molar-refractivity contribution in [2.75, 3.05) is 25.1 Å². The largest absolute Gasteiger partial charge is 0.476 e. The van der Waals surface area contributed by atoms with E-state index in [0.717, 1.165) is 29.5 Å². The Morgan fingerprint density at radius 3 is 3.14 bits per heavy atom. The third-order valence-corrected chi connectivity index (χ3v) is 4.36. The van der Waals surface area contributed by atoms with Crippen LogP contribution in [0.2, 0.25) is 0 Å². The number of rotatable bonds is 6. The summed E-state index contributed by atoms with van der Waals surface area (Å²) >= 11 is 1.36. The first-order valence-electron chi connectivity index (χ1n) is 7.03. The van der Waals surface area contributed by atoms with Crippen LogP contribution in [0.4, 0.5) is 5.82 Å². The van der Waals surface area contributed by atoms with E-state index in [2.05, 4.69) is 20.3 Å². The highest BCUT2D eigenvalue weighted by atomic mass is 32.1. The summed E-state index contributed by atoms with van der Waals surface area (Å²) in [6, 6.07) is 1.95. The van der Waals surface area contributed by atoms with E-state index >= 15 is 0 Å². The number of aromatic nitrogens is 3. The molecule has 0 bridgehead atoms. The van der Waals surface area contributed by atoms with Crippen LogP contribution in [-0.2, 0) is 11.2 Å². The fraction of sp³-hybridized carbons (Fsp3) is 0.429. The minimum Gasteiger partial charge on any atom is -0.476 e. The Labute approximate surface area is 131 Å². The first-order chi connectivity index (χ1) is 10.7. The summed E-state index contributed by atoms with van der Waals surface area (Å²) in [4.78, 5) is 23.3. The van der Waals surface area contributed by atoms with Gasteiger partial charge in [-0.25, -0.2) is 19.7 Å². The number of carboxylic acids is 1. The van der Waals surface area contributed by atoms with Crippen LogP contribution in [0.1, 0.15) is 33.5 Å². The number of thiazole rings is 1. The first-order valence-corrected chi connectivity index (χ1v) is 7.91. The van der Waals surface area contributed by atoms with Crippen LogP contribution in [0, 0.1) is 0 Å². The molecule has 2 aromatic rings. The van der Waals surface area contributed by atoms with Crippen LogP contribution in [0.3, 0.4) is 0 Å². The van der Waals surface area contributed by atoms with Crippen molar-refractivity contribution < 1.29 is 14.6 Å². The van der Waals surface area contributed by atoms with E-state index in [9.17, 15) is 4.79 Å². The average molecular weight is 320 g/mol. The Kier molecular flexibility index (Phi) is 4.59. The zero-order valence-corrected chi connectivity index (χ0v) is 12.7. The molecule has 0 spiro atoms. The summed E-state index contributed by atoms with van der Waals surface area (Å²) in [7, 11) is 0. The lowest BCUT2D eigenvalue weighted by molar-refractivity contribution is 0.0691. The summed E-state index contributed by atoms with van der Waals surface area (Å²) in [6.45, 7) is 2.14. The molecule has 0 saturated carbocycles. The van der Waals surface area contributed by atoms with E-state index in [-0.39, 0.29) is 5.69 Å².